The third-order valence-corrected chi connectivity index (χ3v) is 10.7. The molecule has 2 saturated heterocycles. The summed E-state index contributed by atoms with van der Waals surface area (Å²) in [6.07, 6.45) is 13.0. The van der Waals surface area contributed by atoms with Crippen molar-refractivity contribution in [3.8, 4) is 0 Å². The number of anilines is 2. The Morgan fingerprint density at radius 2 is 1.80 bits per heavy atom. The van der Waals surface area contributed by atoms with E-state index in [9.17, 15) is 19.5 Å². The zero-order chi connectivity index (χ0) is 29.0. The fourth-order valence-electron chi connectivity index (χ4n) is 6.89. The predicted molar refractivity (Wildman–Crippen MR) is 163 cm³/mol. The molecule has 4 aliphatic rings. The van der Waals surface area contributed by atoms with E-state index in [4.69, 9.17) is 4.74 Å². The molecule has 1 N–H and O–H groups in total. The van der Waals surface area contributed by atoms with Crippen LogP contribution in [0.4, 0.5) is 11.4 Å². The number of cyclic esters (lactones) is 1. The highest BCUT2D eigenvalue weighted by molar-refractivity contribution is 8.02. The lowest BCUT2D eigenvalue weighted by Gasteiger charge is -2.35. The quantitative estimate of drug-likeness (QED) is 0.266. The van der Waals surface area contributed by atoms with E-state index < -0.39 is 22.6 Å². The van der Waals surface area contributed by atoms with Crippen LogP contribution in [0.5, 0.6) is 0 Å². The largest absolute Gasteiger partial charge is 0.465 e. The first-order valence-electron chi connectivity index (χ1n) is 15.2. The van der Waals surface area contributed by atoms with Crippen molar-refractivity contribution >= 4 is 40.9 Å². The van der Waals surface area contributed by atoms with Crippen molar-refractivity contribution in [2.24, 2.45) is 11.8 Å². The van der Waals surface area contributed by atoms with Crippen LogP contribution in [0.1, 0.15) is 52.4 Å². The van der Waals surface area contributed by atoms with Crippen molar-refractivity contribution in [3.05, 3.63) is 48.6 Å². The van der Waals surface area contributed by atoms with Crippen LogP contribution in [0, 0.1) is 11.8 Å². The first-order chi connectivity index (χ1) is 20.0. The molecule has 2 amide bonds. The SMILES string of the molecule is CCN(CC)c1ccc(N2CC=C[C@]34S[C@H]5/C=C\CCCCOC(=O)[C@H]5[C@H]3C(=O)N(CCCCCO)C4C2=O)cc1. The Balaban J connectivity index is 1.52. The molecular formula is C32H43N3O5S. The van der Waals surface area contributed by atoms with Crippen molar-refractivity contribution in [1.29, 1.82) is 0 Å². The van der Waals surface area contributed by atoms with E-state index in [1.54, 1.807) is 21.6 Å². The van der Waals surface area contributed by atoms with Crippen molar-refractivity contribution in [3.63, 3.8) is 0 Å². The van der Waals surface area contributed by atoms with Gasteiger partial charge in [0.25, 0.3) is 5.91 Å². The second-order valence-corrected chi connectivity index (χ2v) is 12.8. The summed E-state index contributed by atoms with van der Waals surface area (Å²) in [6, 6.07) is 7.35. The molecule has 0 aliphatic carbocycles. The van der Waals surface area contributed by atoms with E-state index in [1.165, 1.54) is 0 Å². The molecule has 5 atom stereocenters. The standard InChI is InChI=1S/C32H43N3O5S/c1-3-33(4-2)23-14-16-24(17-15-23)34-20-12-18-32-27(26-25(41-32)13-8-5-6-11-22-40-31(26)39)29(37)35(28(32)30(34)38)19-9-7-10-21-36/h8,12-18,25-28,36H,3-7,9-11,19-22H2,1-2H3/b13-8-/t25-,26+,27-,28?,32-/m0/s1. The van der Waals surface area contributed by atoms with E-state index in [2.05, 4.69) is 37.0 Å². The normalized spacial score (nSPS) is 30.4. The molecule has 2 fully saturated rings. The molecule has 1 aromatic carbocycles. The van der Waals surface area contributed by atoms with Gasteiger partial charge in [0.05, 0.1) is 23.2 Å². The van der Waals surface area contributed by atoms with Crippen LogP contribution in [-0.4, -0.2) is 83.2 Å². The third-order valence-electron chi connectivity index (χ3n) is 8.95. The number of ether oxygens (including phenoxy) is 1. The molecule has 0 saturated carbocycles. The van der Waals surface area contributed by atoms with Crippen LogP contribution in [0.2, 0.25) is 0 Å². The lowest BCUT2D eigenvalue weighted by atomic mass is 9.78. The van der Waals surface area contributed by atoms with Crippen molar-refractivity contribution in [2.45, 2.75) is 68.4 Å². The molecular weight excluding hydrogens is 538 g/mol. The molecule has 41 heavy (non-hydrogen) atoms. The van der Waals surface area contributed by atoms with Crippen LogP contribution in [0.25, 0.3) is 0 Å². The van der Waals surface area contributed by atoms with Gasteiger partial charge in [0.1, 0.15) is 6.04 Å². The highest BCUT2D eigenvalue weighted by atomic mass is 32.2. The van der Waals surface area contributed by atoms with E-state index in [1.807, 2.05) is 30.3 Å². The number of aliphatic hydroxyl groups excluding tert-OH is 1. The van der Waals surface area contributed by atoms with Gasteiger partial charge < -0.3 is 24.5 Å². The Hall–Kier alpha value is -2.78. The number of allylic oxidation sites excluding steroid dienone is 1. The molecule has 0 aromatic heterocycles. The van der Waals surface area contributed by atoms with Gasteiger partial charge >= 0.3 is 5.97 Å². The number of carbonyl (C=O) groups excluding carboxylic acids is 3. The van der Waals surface area contributed by atoms with E-state index in [-0.39, 0.29) is 29.6 Å². The summed E-state index contributed by atoms with van der Waals surface area (Å²) in [5.74, 6) is -1.89. The van der Waals surface area contributed by atoms with Gasteiger partial charge in [-0.15, -0.1) is 11.8 Å². The molecule has 1 unspecified atom stereocenters. The molecule has 4 aliphatic heterocycles. The lowest BCUT2D eigenvalue weighted by molar-refractivity contribution is -0.153. The summed E-state index contributed by atoms with van der Waals surface area (Å²) in [5.41, 5.74) is 1.90. The Morgan fingerprint density at radius 1 is 1.02 bits per heavy atom. The fourth-order valence-corrected chi connectivity index (χ4v) is 8.89. The molecule has 5 rings (SSSR count). The summed E-state index contributed by atoms with van der Waals surface area (Å²) in [7, 11) is 0. The molecule has 8 nitrogen and oxygen atoms in total. The molecule has 4 heterocycles. The number of unbranched alkanes of at least 4 members (excludes halogenated alkanes) is 2. The van der Waals surface area contributed by atoms with Gasteiger partial charge in [-0.05, 0) is 76.6 Å². The fraction of sp³-hybridized carbons (Fsp3) is 0.594. The van der Waals surface area contributed by atoms with Gasteiger partial charge in [-0.1, -0.05) is 24.3 Å². The minimum absolute atomic E-state index is 0.0979. The van der Waals surface area contributed by atoms with Crippen LogP contribution in [-0.2, 0) is 19.1 Å². The number of fused-ring (bicyclic) bond motifs is 2. The zero-order valence-corrected chi connectivity index (χ0v) is 25.1. The average molecular weight is 582 g/mol. The topological polar surface area (TPSA) is 90.4 Å². The summed E-state index contributed by atoms with van der Waals surface area (Å²) < 4.78 is 4.85. The summed E-state index contributed by atoms with van der Waals surface area (Å²) in [4.78, 5) is 48.1. The number of benzene rings is 1. The maximum atomic E-state index is 14.6. The highest BCUT2D eigenvalue weighted by Crippen LogP contribution is 2.60. The second-order valence-electron chi connectivity index (χ2n) is 11.3. The summed E-state index contributed by atoms with van der Waals surface area (Å²) in [6.45, 7) is 7.31. The van der Waals surface area contributed by atoms with Gasteiger partial charge in [0.2, 0.25) is 5.91 Å². The Kier molecular flexibility index (Phi) is 9.44. The molecule has 0 bridgehead atoms. The number of nitrogens with zero attached hydrogens (tertiary/aromatic N) is 3. The van der Waals surface area contributed by atoms with Crippen LogP contribution in [0.15, 0.2) is 48.6 Å². The van der Waals surface area contributed by atoms with Gasteiger partial charge in [-0.25, -0.2) is 0 Å². The minimum Gasteiger partial charge on any atom is -0.465 e. The maximum Gasteiger partial charge on any atom is 0.311 e. The smallest absolute Gasteiger partial charge is 0.311 e. The number of aliphatic hydroxyl groups is 1. The maximum absolute atomic E-state index is 14.6. The number of esters is 1. The van der Waals surface area contributed by atoms with E-state index in [0.29, 0.717) is 32.5 Å². The van der Waals surface area contributed by atoms with Gasteiger partial charge in [-0.2, -0.15) is 0 Å². The van der Waals surface area contributed by atoms with Crippen molar-refractivity contribution in [2.75, 3.05) is 49.2 Å². The Morgan fingerprint density at radius 3 is 2.54 bits per heavy atom. The number of likely N-dealkylation sites (tertiary alicyclic amines) is 1. The number of carbonyl (C=O) groups is 3. The van der Waals surface area contributed by atoms with E-state index >= 15 is 0 Å². The van der Waals surface area contributed by atoms with Crippen molar-refractivity contribution in [1.82, 2.24) is 4.90 Å². The van der Waals surface area contributed by atoms with Crippen LogP contribution in [0.3, 0.4) is 0 Å². The van der Waals surface area contributed by atoms with Crippen molar-refractivity contribution < 1.29 is 24.2 Å². The average Bonchev–Trinajstić information content (AvgIpc) is 3.36. The number of hydrogen-bond donors (Lipinski definition) is 1. The first-order valence-corrected chi connectivity index (χ1v) is 16.1. The Labute approximate surface area is 247 Å². The third kappa shape index (κ3) is 5.55. The summed E-state index contributed by atoms with van der Waals surface area (Å²) >= 11 is 1.59. The number of hydrogen-bond acceptors (Lipinski definition) is 7. The van der Waals surface area contributed by atoms with Crippen LogP contribution < -0.4 is 9.80 Å². The van der Waals surface area contributed by atoms with E-state index in [0.717, 1.165) is 50.1 Å². The summed E-state index contributed by atoms with van der Waals surface area (Å²) in [5, 5.41) is 9.06. The first kappa shape index (κ1) is 29.7. The van der Waals surface area contributed by atoms with Gasteiger partial charge in [-0.3, -0.25) is 14.4 Å². The monoisotopic (exact) mass is 581 g/mol. The number of amides is 2. The molecule has 0 radical (unpaired) electrons. The molecule has 1 spiro atoms. The molecule has 9 heteroatoms. The van der Waals surface area contributed by atoms with Gasteiger partial charge in [0.15, 0.2) is 0 Å². The molecule has 1 aromatic rings. The zero-order valence-electron chi connectivity index (χ0n) is 24.2. The predicted octanol–water partition coefficient (Wildman–Crippen LogP) is 4.18. The van der Waals surface area contributed by atoms with Crippen LogP contribution >= 0.6 is 11.8 Å². The number of rotatable bonds is 9. The Bertz CT molecular complexity index is 1170. The molecule has 222 valence electrons. The second kappa shape index (κ2) is 13.0. The lowest BCUT2D eigenvalue weighted by Crippen LogP contribution is -2.53. The highest BCUT2D eigenvalue weighted by Gasteiger charge is 2.70. The van der Waals surface area contributed by atoms with Gasteiger partial charge in [0, 0.05) is 49.4 Å². The number of thioether (sulfide) groups is 1. The minimum atomic E-state index is -0.853.